The average molecular weight is 230 g/mol. The number of rotatable bonds is 7. The van der Waals surface area contributed by atoms with E-state index >= 15 is 0 Å². The van der Waals surface area contributed by atoms with Gasteiger partial charge in [0.05, 0.1) is 13.2 Å². The number of carbonyl (C=O) groups is 2. The monoisotopic (exact) mass is 230 g/mol. The fourth-order valence-corrected chi connectivity index (χ4v) is 0.838. The average Bonchev–Trinajstić information content (AvgIpc) is 2.28. The lowest BCUT2D eigenvalue weighted by Gasteiger charge is -2.07. The summed E-state index contributed by atoms with van der Waals surface area (Å²) in [5, 5.41) is 0. The molecular weight excluding hydrogens is 215 g/mol. The Balaban J connectivity index is 4.86. The minimum absolute atomic E-state index is 0.0978. The van der Waals surface area contributed by atoms with Crippen LogP contribution >= 0.6 is 0 Å². The number of ether oxygens (including phenoxy) is 2. The van der Waals surface area contributed by atoms with Crippen LogP contribution < -0.4 is 0 Å². The molecule has 0 aliphatic rings. The number of ketones is 1. The molecule has 0 heterocycles. The molecule has 0 aliphatic heterocycles. The summed E-state index contributed by atoms with van der Waals surface area (Å²) >= 11 is 0. The van der Waals surface area contributed by atoms with Crippen LogP contribution in [0.4, 0.5) is 4.39 Å². The molecule has 0 rings (SSSR count). The Morgan fingerprint density at radius 1 is 1.38 bits per heavy atom. The summed E-state index contributed by atoms with van der Waals surface area (Å²) in [5.41, 5.74) is -0.448. The highest BCUT2D eigenvalue weighted by Gasteiger charge is 2.26. The number of esters is 1. The lowest BCUT2D eigenvalue weighted by Crippen LogP contribution is -2.23. The summed E-state index contributed by atoms with van der Waals surface area (Å²) in [5.74, 6) is -1.91. The first-order chi connectivity index (χ1) is 7.58. The third kappa shape index (κ3) is 4.25. The van der Waals surface area contributed by atoms with Gasteiger partial charge in [0.2, 0.25) is 5.78 Å². The maximum Gasteiger partial charge on any atom is 0.345 e. The zero-order chi connectivity index (χ0) is 12.6. The van der Waals surface area contributed by atoms with Crippen molar-refractivity contribution in [2.45, 2.75) is 20.0 Å². The number of allylic oxidation sites excluding steroid dienone is 1. The minimum Gasteiger partial charge on any atom is -0.500 e. The van der Waals surface area contributed by atoms with Gasteiger partial charge < -0.3 is 9.47 Å². The molecule has 0 saturated carbocycles. The van der Waals surface area contributed by atoms with Crippen LogP contribution in [0.2, 0.25) is 0 Å². The van der Waals surface area contributed by atoms with Crippen molar-refractivity contribution in [3.63, 3.8) is 0 Å². The van der Waals surface area contributed by atoms with Crippen molar-refractivity contribution in [1.29, 1.82) is 0 Å². The second kappa shape index (κ2) is 7.62. The standard InChI is InChI=1S/C11H15FO4/c1-4-9(12)10(13)8(7-15-5-2)11(14)16-6-3/h4,7,9H,1,5-6H2,2-3H3/b8-7+. The van der Waals surface area contributed by atoms with Crippen LogP contribution in [-0.4, -0.2) is 31.1 Å². The van der Waals surface area contributed by atoms with E-state index < -0.39 is 23.5 Å². The van der Waals surface area contributed by atoms with E-state index in [4.69, 9.17) is 4.74 Å². The molecule has 5 heteroatoms. The summed E-state index contributed by atoms with van der Waals surface area (Å²) in [6, 6.07) is 0. The molecule has 0 fully saturated rings. The van der Waals surface area contributed by atoms with Crippen molar-refractivity contribution >= 4 is 11.8 Å². The molecule has 0 spiro atoms. The van der Waals surface area contributed by atoms with Crippen LogP contribution in [0, 0.1) is 0 Å². The van der Waals surface area contributed by atoms with Crippen LogP contribution in [0.5, 0.6) is 0 Å². The van der Waals surface area contributed by atoms with Crippen molar-refractivity contribution in [2.75, 3.05) is 13.2 Å². The number of hydrogen-bond donors (Lipinski definition) is 0. The lowest BCUT2D eigenvalue weighted by molar-refractivity contribution is -0.140. The number of carbonyl (C=O) groups excluding carboxylic acids is 2. The van der Waals surface area contributed by atoms with Gasteiger partial charge in [0.25, 0.3) is 0 Å². The Bertz CT molecular complexity index is 296. The van der Waals surface area contributed by atoms with Crippen molar-refractivity contribution < 1.29 is 23.5 Å². The largest absolute Gasteiger partial charge is 0.500 e. The second-order valence-electron chi connectivity index (χ2n) is 2.71. The first-order valence-corrected chi connectivity index (χ1v) is 4.88. The summed E-state index contributed by atoms with van der Waals surface area (Å²) in [4.78, 5) is 22.7. The third-order valence-corrected chi connectivity index (χ3v) is 1.59. The maximum atomic E-state index is 13.0. The fourth-order valence-electron chi connectivity index (χ4n) is 0.838. The topological polar surface area (TPSA) is 52.6 Å². The van der Waals surface area contributed by atoms with Gasteiger partial charge in [0.1, 0.15) is 11.8 Å². The van der Waals surface area contributed by atoms with E-state index in [2.05, 4.69) is 11.3 Å². The van der Waals surface area contributed by atoms with Gasteiger partial charge in [-0.3, -0.25) is 4.79 Å². The zero-order valence-corrected chi connectivity index (χ0v) is 9.36. The number of hydrogen-bond acceptors (Lipinski definition) is 4. The minimum atomic E-state index is -1.93. The molecule has 1 atom stereocenters. The fraction of sp³-hybridized carbons (Fsp3) is 0.455. The molecule has 0 saturated heterocycles. The normalized spacial score (nSPS) is 12.8. The smallest absolute Gasteiger partial charge is 0.345 e. The van der Waals surface area contributed by atoms with Gasteiger partial charge in [-0.15, -0.1) is 0 Å². The van der Waals surface area contributed by atoms with Gasteiger partial charge in [-0.25, -0.2) is 9.18 Å². The Morgan fingerprint density at radius 3 is 2.44 bits per heavy atom. The Kier molecular flexibility index (Phi) is 6.83. The third-order valence-electron chi connectivity index (χ3n) is 1.59. The Hall–Kier alpha value is -1.65. The zero-order valence-electron chi connectivity index (χ0n) is 9.36. The van der Waals surface area contributed by atoms with Crippen molar-refractivity contribution in [3.05, 3.63) is 24.5 Å². The van der Waals surface area contributed by atoms with Crippen LogP contribution in [0.25, 0.3) is 0 Å². The van der Waals surface area contributed by atoms with Crippen LogP contribution in [0.15, 0.2) is 24.5 Å². The van der Waals surface area contributed by atoms with Gasteiger partial charge >= 0.3 is 5.97 Å². The molecule has 16 heavy (non-hydrogen) atoms. The second-order valence-corrected chi connectivity index (χ2v) is 2.71. The molecule has 0 bridgehead atoms. The summed E-state index contributed by atoms with van der Waals surface area (Å²) in [6.07, 6.45) is -0.214. The maximum absolute atomic E-state index is 13.0. The first-order valence-electron chi connectivity index (χ1n) is 4.88. The first kappa shape index (κ1) is 14.3. The summed E-state index contributed by atoms with van der Waals surface area (Å²) in [7, 11) is 0. The summed E-state index contributed by atoms with van der Waals surface area (Å²) in [6.45, 7) is 6.75. The van der Waals surface area contributed by atoms with Gasteiger partial charge in [-0.1, -0.05) is 6.58 Å². The van der Waals surface area contributed by atoms with E-state index in [-0.39, 0.29) is 13.2 Å². The molecule has 0 aromatic heterocycles. The van der Waals surface area contributed by atoms with Crippen molar-refractivity contribution in [3.8, 4) is 0 Å². The van der Waals surface area contributed by atoms with Crippen LogP contribution in [0.1, 0.15) is 13.8 Å². The van der Waals surface area contributed by atoms with Crippen molar-refractivity contribution in [2.24, 2.45) is 0 Å². The van der Waals surface area contributed by atoms with Gasteiger partial charge in [-0.2, -0.15) is 0 Å². The van der Waals surface area contributed by atoms with E-state index in [1.165, 1.54) is 0 Å². The van der Waals surface area contributed by atoms with Gasteiger partial charge in [0.15, 0.2) is 6.17 Å². The quantitative estimate of drug-likeness (QED) is 0.166. The SMILES string of the molecule is C=CC(F)C(=O)/C(=C\OCC)C(=O)OCC. The molecule has 1 unspecified atom stereocenters. The molecule has 0 N–H and O–H groups in total. The highest BCUT2D eigenvalue weighted by atomic mass is 19.1. The Morgan fingerprint density at radius 2 is 2.00 bits per heavy atom. The molecule has 0 amide bonds. The predicted octanol–water partition coefficient (Wildman–Crippen LogP) is 1.56. The van der Waals surface area contributed by atoms with E-state index in [9.17, 15) is 14.0 Å². The highest BCUT2D eigenvalue weighted by molar-refractivity contribution is 6.19. The van der Waals surface area contributed by atoms with E-state index in [0.29, 0.717) is 0 Å². The molecular formula is C11H15FO4. The molecule has 4 nitrogen and oxygen atoms in total. The molecule has 0 radical (unpaired) electrons. The molecule has 0 aliphatic carbocycles. The van der Waals surface area contributed by atoms with E-state index in [1.54, 1.807) is 13.8 Å². The molecule has 0 aromatic rings. The van der Waals surface area contributed by atoms with Crippen LogP contribution in [-0.2, 0) is 19.1 Å². The van der Waals surface area contributed by atoms with E-state index in [1.807, 2.05) is 0 Å². The van der Waals surface area contributed by atoms with Crippen LogP contribution in [0.3, 0.4) is 0 Å². The highest BCUT2D eigenvalue weighted by Crippen LogP contribution is 2.08. The van der Waals surface area contributed by atoms with E-state index in [0.717, 1.165) is 12.3 Å². The summed E-state index contributed by atoms with van der Waals surface area (Å²) < 4.78 is 22.4. The number of Topliss-reactive ketones (excluding diaryl/α,β-unsaturated/α-hetero) is 1. The van der Waals surface area contributed by atoms with Gasteiger partial charge in [-0.05, 0) is 19.9 Å². The predicted molar refractivity (Wildman–Crippen MR) is 56.4 cm³/mol. The molecule has 90 valence electrons. The Labute approximate surface area is 93.7 Å². The lowest BCUT2D eigenvalue weighted by atomic mass is 10.1. The van der Waals surface area contributed by atoms with Crippen molar-refractivity contribution in [1.82, 2.24) is 0 Å². The number of halogens is 1. The van der Waals surface area contributed by atoms with Gasteiger partial charge in [0, 0.05) is 0 Å². The molecule has 0 aromatic carbocycles. The number of alkyl halides is 1.